The van der Waals surface area contributed by atoms with E-state index in [0.29, 0.717) is 30.6 Å². The second-order valence-electron chi connectivity index (χ2n) is 5.80. The maximum Gasteiger partial charge on any atom is 0.335 e. The molecule has 2 amide bonds. The minimum absolute atomic E-state index is 0.147. The molecule has 0 aliphatic heterocycles. The molecule has 26 heavy (non-hydrogen) atoms. The third-order valence-electron chi connectivity index (χ3n) is 3.89. The summed E-state index contributed by atoms with van der Waals surface area (Å²) in [4.78, 5) is 35.1. The Kier molecular flexibility index (Phi) is 6.91. The van der Waals surface area contributed by atoms with Gasteiger partial charge in [0.25, 0.3) is 5.91 Å². The zero-order valence-corrected chi connectivity index (χ0v) is 14.6. The van der Waals surface area contributed by atoms with Crippen molar-refractivity contribution >= 4 is 17.8 Å². The molecule has 0 bridgehead atoms. The van der Waals surface area contributed by atoms with Crippen LogP contribution in [0.5, 0.6) is 0 Å². The average Bonchev–Trinajstić information content (AvgIpc) is 2.65. The van der Waals surface area contributed by atoms with Gasteiger partial charge in [-0.15, -0.1) is 0 Å². The Morgan fingerprint density at radius 2 is 1.77 bits per heavy atom. The first-order valence-electron chi connectivity index (χ1n) is 8.46. The van der Waals surface area contributed by atoms with Crippen LogP contribution >= 0.6 is 0 Å². The second kappa shape index (κ2) is 9.36. The summed E-state index contributed by atoms with van der Waals surface area (Å²) >= 11 is 0. The molecule has 0 aliphatic carbocycles. The highest BCUT2D eigenvalue weighted by Crippen LogP contribution is 2.11. The van der Waals surface area contributed by atoms with Crippen LogP contribution < -0.4 is 10.6 Å². The largest absolute Gasteiger partial charge is 0.478 e. The van der Waals surface area contributed by atoms with Gasteiger partial charge >= 0.3 is 5.97 Å². The molecule has 136 valence electrons. The van der Waals surface area contributed by atoms with E-state index in [9.17, 15) is 14.4 Å². The molecular weight excluding hydrogens is 332 g/mol. The number of benzene rings is 2. The molecule has 0 saturated heterocycles. The summed E-state index contributed by atoms with van der Waals surface area (Å²) in [5.41, 5.74) is 2.23. The Bertz CT molecular complexity index is 802. The molecule has 0 spiro atoms. The standard InChI is InChI=1S/C20H22N2O4/c1-2-21-19(24)16-8-5-6-14(12-16)13-22-18(23)11-10-15-7-3-4-9-17(15)20(25)26/h3-9,12H,2,10-11,13H2,1H3,(H,21,24)(H,22,23)(H,25,26). The topological polar surface area (TPSA) is 95.5 Å². The molecule has 0 aromatic heterocycles. The number of carboxylic acid groups (broad SMARTS) is 1. The van der Waals surface area contributed by atoms with Crippen LogP contribution in [0.1, 0.15) is 45.2 Å². The van der Waals surface area contributed by atoms with Crippen LogP contribution in [0.3, 0.4) is 0 Å². The van der Waals surface area contributed by atoms with Crippen molar-refractivity contribution in [3.8, 4) is 0 Å². The molecule has 6 nitrogen and oxygen atoms in total. The Hall–Kier alpha value is -3.15. The lowest BCUT2D eigenvalue weighted by Crippen LogP contribution is -2.24. The Labute approximate surface area is 152 Å². The average molecular weight is 354 g/mol. The van der Waals surface area contributed by atoms with Crippen LogP contribution in [0.4, 0.5) is 0 Å². The summed E-state index contributed by atoms with van der Waals surface area (Å²) in [7, 11) is 0. The number of carbonyl (C=O) groups is 3. The predicted molar refractivity (Wildman–Crippen MR) is 98.0 cm³/mol. The summed E-state index contributed by atoms with van der Waals surface area (Å²) in [5.74, 6) is -1.32. The van der Waals surface area contributed by atoms with Crippen molar-refractivity contribution in [2.24, 2.45) is 0 Å². The van der Waals surface area contributed by atoms with Crippen LogP contribution in [-0.2, 0) is 17.8 Å². The fourth-order valence-electron chi connectivity index (χ4n) is 2.57. The molecule has 0 aliphatic rings. The third kappa shape index (κ3) is 5.44. The number of carboxylic acids is 1. The van der Waals surface area contributed by atoms with Gasteiger partial charge in [-0.05, 0) is 42.7 Å². The number of hydrogen-bond donors (Lipinski definition) is 3. The van der Waals surface area contributed by atoms with Gasteiger partial charge in [0.1, 0.15) is 0 Å². The predicted octanol–water partition coefficient (Wildman–Crippen LogP) is 2.38. The van der Waals surface area contributed by atoms with E-state index in [1.165, 1.54) is 6.07 Å². The lowest BCUT2D eigenvalue weighted by Gasteiger charge is -2.09. The fourth-order valence-corrected chi connectivity index (χ4v) is 2.57. The Morgan fingerprint density at radius 3 is 2.50 bits per heavy atom. The van der Waals surface area contributed by atoms with Crippen LogP contribution in [0.15, 0.2) is 48.5 Å². The van der Waals surface area contributed by atoms with Gasteiger partial charge in [-0.1, -0.05) is 30.3 Å². The van der Waals surface area contributed by atoms with Crippen molar-refractivity contribution in [1.82, 2.24) is 10.6 Å². The molecule has 3 N–H and O–H groups in total. The van der Waals surface area contributed by atoms with Crippen molar-refractivity contribution in [3.63, 3.8) is 0 Å². The van der Waals surface area contributed by atoms with Gasteiger partial charge < -0.3 is 15.7 Å². The number of aryl methyl sites for hydroxylation is 1. The van der Waals surface area contributed by atoms with E-state index in [1.807, 2.05) is 13.0 Å². The molecule has 6 heteroatoms. The fraction of sp³-hybridized carbons (Fsp3) is 0.250. The number of carbonyl (C=O) groups excluding carboxylic acids is 2. The van der Waals surface area contributed by atoms with Crippen molar-refractivity contribution in [1.29, 1.82) is 0 Å². The Balaban J connectivity index is 1.89. The molecule has 2 aromatic carbocycles. The highest BCUT2D eigenvalue weighted by atomic mass is 16.4. The van der Waals surface area contributed by atoms with E-state index in [2.05, 4.69) is 10.6 Å². The summed E-state index contributed by atoms with van der Waals surface area (Å²) in [6.07, 6.45) is 0.549. The minimum Gasteiger partial charge on any atom is -0.478 e. The van der Waals surface area contributed by atoms with E-state index >= 15 is 0 Å². The van der Waals surface area contributed by atoms with Gasteiger partial charge in [0.2, 0.25) is 5.91 Å². The first kappa shape index (κ1) is 19.2. The molecule has 0 unspecified atom stereocenters. The monoisotopic (exact) mass is 354 g/mol. The van der Waals surface area contributed by atoms with Gasteiger partial charge in [0, 0.05) is 25.1 Å². The lowest BCUT2D eigenvalue weighted by molar-refractivity contribution is -0.121. The zero-order valence-electron chi connectivity index (χ0n) is 14.6. The van der Waals surface area contributed by atoms with Crippen LogP contribution in [0, 0.1) is 0 Å². The smallest absolute Gasteiger partial charge is 0.335 e. The number of aromatic carboxylic acids is 1. The lowest BCUT2D eigenvalue weighted by atomic mass is 10.0. The molecule has 0 saturated carbocycles. The Morgan fingerprint density at radius 1 is 1.00 bits per heavy atom. The van der Waals surface area contributed by atoms with E-state index < -0.39 is 5.97 Å². The summed E-state index contributed by atoms with van der Waals surface area (Å²) in [5, 5.41) is 14.7. The molecule has 2 aromatic rings. The van der Waals surface area contributed by atoms with Gasteiger partial charge in [-0.2, -0.15) is 0 Å². The summed E-state index contributed by atoms with van der Waals surface area (Å²) in [6, 6.07) is 13.7. The second-order valence-corrected chi connectivity index (χ2v) is 5.80. The quantitative estimate of drug-likeness (QED) is 0.678. The SMILES string of the molecule is CCNC(=O)c1cccc(CNC(=O)CCc2ccccc2C(=O)O)c1. The van der Waals surface area contributed by atoms with Crippen LogP contribution in [-0.4, -0.2) is 29.4 Å². The molecule has 0 fully saturated rings. The first-order valence-corrected chi connectivity index (χ1v) is 8.46. The highest BCUT2D eigenvalue weighted by molar-refractivity contribution is 5.94. The normalized spacial score (nSPS) is 10.2. The van der Waals surface area contributed by atoms with E-state index in [-0.39, 0.29) is 23.8 Å². The number of nitrogens with one attached hydrogen (secondary N) is 2. The highest BCUT2D eigenvalue weighted by Gasteiger charge is 2.11. The van der Waals surface area contributed by atoms with Crippen LogP contribution in [0.25, 0.3) is 0 Å². The summed E-state index contributed by atoms with van der Waals surface area (Å²) in [6.45, 7) is 2.72. The third-order valence-corrected chi connectivity index (χ3v) is 3.89. The molecule has 2 rings (SSSR count). The van der Waals surface area contributed by atoms with Gasteiger partial charge in [0.15, 0.2) is 0 Å². The minimum atomic E-state index is -0.997. The zero-order chi connectivity index (χ0) is 18.9. The van der Waals surface area contributed by atoms with E-state index in [0.717, 1.165) is 5.56 Å². The molecule has 0 atom stereocenters. The van der Waals surface area contributed by atoms with Gasteiger partial charge in [-0.3, -0.25) is 9.59 Å². The van der Waals surface area contributed by atoms with Crippen LogP contribution in [0.2, 0.25) is 0 Å². The van der Waals surface area contributed by atoms with Crippen molar-refractivity contribution in [2.45, 2.75) is 26.3 Å². The number of hydrogen-bond acceptors (Lipinski definition) is 3. The van der Waals surface area contributed by atoms with Crippen molar-refractivity contribution in [2.75, 3.05) is 6.54 Å². The van der Waals surface area contributed by atoms with Gasteiger partial charge in [-0.25, -0.2) is 4.79 Å². The van der Waals surface area contributed by atoms with Gasteiger partial charge in [0.05, 0.1) is 5.56 Å². The number of rotatable bonds is 8. The maximum atomic E-state index is 12.1. The van der Waals surface area contributed by atoms with Crippen molar-refractivity contribution < 1.29 is 19.5 Å². The molecular formula is C20H22N2O4. The molecule has 0 radical (unpaired) electrons. The number of amides is 2. The molecule has 0 heterocycles. The van der Waals surface area contributed by atoms with Crippen molar-refractivity contribution in [3.05, 3.63) is 70.8 Å². The summed E-state index contributed by atoms with van der Waals surface area (Å²) < 4.78 is 0. The van der Waals surface area contributed by atoms with E-state index in [1.54, 1.807) is 36.4 Å². The maximum absolute atomic E-state index is 12.1. The van der Waals surface area contributed by atoms with E-state index in [4.69, 9.17) is 5.11 Å². The first-order chi connectivity index (χ1) is 12.5.